The van der Waals surface area contributed by atoms with Gasteiger partial charge < -0.3 is 5.73 Å². The maximum atomic E-state index is 12.7. The Balaban J connectivity index is 2.09. The van der Waals surface area contributed by atoms with Gasteiger partial charge in [0, 0.05) is 22.8 Å². The molecule has 4 heteroatoms. The summed E-state index contributed by atoms with van der Waals surface area (Å²) in [6.07, 6.45) is 5.88. The van der Waals surface area contributed by atoms with Gasteiger partial charge in [0.1, 0.15) is 10.8 Å². The predicted octanol–water partition coefficient (Wildman–Crippen LogP) is 3.46. The molecule has 0 aromatic carbocycles. The lowest BCUT2D eigenvalue weighted by Gasteiger charge is -2.34. The fourth-order valence-corrected chi connectivity index (χ4v) is 3.91. The molecule has 1 aliphatic rings. The molecule has 112 valence electrons. The summed E-state index contributed by atoms with van der Waals surface area (Å²) in [5.41, 5.74) is 6.79. The first-order chi connectivity index (χ1) is 9.37. The van der Waals surface area contributed by atoms with Crippen molar-refractivity contribution in [3.05, 3.63) is 16.1 Å². The molecule has 0 saturated heterocycles. The lowest BCUT2D eigenvalue weighted by molar-refractivity contribution is -0.129. The van der Waals surface area contributed by atoms with Crippen molar-refractivity contribution in [1.82, 2.24) is 4.98 Å². The van der Waals surface area contributed by atoms with Crippen LogP contribution < -0.4 is 5.73 Å². The number of ketones is 1. The minimum atomic E-state index is -0.272. The molecule has 1 aromatic rings. The van der Waals surface area contributed by atoms with Crippen molar-refractivity contribution in [3.8, 4) is 0 Å². The van der Waals surface area contributed by atoms with Gasteiger partial charge in [0.15, 0.2) is 0 Å². The number of carbonyl (C=O) groups is 1. The highest BCUT2D eigenvalue weighted by Crippen LogP contribution is 2.37. The summed E-state index contributed by atoms with van der Waals surface area (Å²) < 4.78 is 0. The van der Waals surface area contributed by atoms with Crippen LogP contribution >= 0.6 is 11.3 Å². The number of Topliss-reactive ketones (excluding diaryl/α,β-unsaturated/α-hetero) is 1. The number of rotatable bonds is 4. The third-order valence-electron chi connectivity index (χ3n) is 4.42. The number of aromatic nitrogens is 1. The van der Waals surface area contributed by atoms with Crippen LogP contribution in [0.25, 0.3) is 0 Å². The fourth-order valence-electron chi connectivity index (χ4n) is 2.89. The van der Waals surface area contributed by atoms with E-state index in [9.17, 15) is 4.79 Å². The van der Waals surface area contributed by atoms with Crippen molar-refractivity contribution < 1.29 is 4.79 Å². The van der Waals surface area contributed by atoms with Gasteiger partial charge in [0.25, 0.3) is 0 Å². The van der Waals surface area contributed by atoms with E-state index in [0.29, 0.717) is 18.7 Å². The molecular weight excluding hydrogens is 268 g/mol. The van der Waals surface area contributed by atoms with Gasteiger partial charge in [-0.05, 0) is 12.8 Å². The Hall–Kier alpha value is -0.740. The maximum Gasteiger partial charge on any atom is 0.147 e. The number of thiazole rings is 1. The van der Waals surface area contributed by atoms with Crippen molar-refractivity contribution in [2.24, 2.45) is 11.1 Å². The van der Waals surface area contributed by atoms with Crippen LogP contribution in [0.2, 0.25) is 0 Å². The van der Waals surface area contributed by atoms with Crippen molar-refractivity contribution in [3.63, 3.8) is 0 Å². The molecule has 2 N–H and O–H groups in total. The van der Waals surface area contributed by atoms with Crippen LogP contribution in [0.1, 0.15) is 63.6 Å². The molecule has 1 aliphatic carbocycles. The third-order valence-corrected chi connectivity index (χ3v) is 5.27. The lowest BCUT2D eigenvalue weighted by atomic mass is 9.70. The van der Waals surface area contributed by atoms with E-state index in [1.54, 1.807) is 11.3 Å². The van der Waals surface area contributed by atoms with Crippen molar-refractivity contribution in [2.45, 2.75) is 64.7 Å². The topological polar surface area (TPSA) is 56.0 Å². The lowest BCUT2D eigenvalue weighted by Crippen LogP contribution is -2.41. The normalized spacial score (nSPS) is 19.0. The third kappa shape index (κ3) is 3.29. The van der Waals surface area contributed by atoms with Gasteiger partial charge in [-0.1, -0.05) is 40.0 Å². The van der Waals surface area contributed by atoms with Crippen LogP contribution in [0.3, 0.4) is 0 Å². The van der Waals surface area contributed by atoms with Crippen molar-refractivity contribution in [2.75, 3.05) is 6.54 Å². The molecule has 1 saturated carbocycles. The second-order valence-electron chi connectivity index (χ2n) is 7.02. The minimum absolute atomic E-state index is 0.0498. The van der Waals surface area contributed by atoms with Crippen LogP contribution in [0, 0.1) is 5.41 Å². The number of carbonyl (C=O) groups excluding carboxylic acids is 1. The van der Waals surface area contributed by atoms with E-state index in [2.05, 4.69) is 31.1 Å². The summed E-state index contributed by atoms with van der Waals surface area (Å²) in [4.78, 5) is 17.3. The molecule has 20 heavy (non-hydrogen) atoms. The van der Waals surface area contributed by atoms with Crippen LogP contribution in [0.15, 0.2) is 5.38 Å². The molecule has 2 rings (SSSR count). The molecule has 0 aliphatic heterocycles. The summed E-state index contributed by atoms with van der Waals surface area (Å²) in [6, 6.07) is 0. The summed E-state index contributed by atoms with van der Waals surface area (Å²) in [5, 5.41) is 3.02. The number of nitrogens with zero attached hydrogens (tertiary/aromatic N) is 1. The summed E-state index contributed by atoms with van der Waals surface area (Å²) in [5.74, 6) is 0.300. The minimum Gasteiger partial charge on any atom is -0.329 e. The number of hydrogen-bond donors (Lipinski definition) is 1. The van der Waals surface area contributed by atoms with Crippen LogP contribution in [-0.2, 0) is 16.6 Å². The predicted molar refractivity (Wildman–Crippen MR) is 84.1 cm³/mol. The Morgan fingerprint density at radius 3 is 2.50 bits per heavy atom. The summed E-state index contributed by atoms with van der Waals surface area (Å²) in [7, 11) is 0. The first-order valence-corrected chi connectivity index (χ1v) is 8.44. The Kier molecular flexibility index (Phi) is 4.65. The Morgan fingerprint density at radius 1 is 1.35 bits per heavy atom. The van der Waals surface area contributed by atoms with Crippen molar-refractivity contribution in [1.29, 1.82) is 0 Å². The van der Waals surface area contributed by atoms with E-state index in [1.165, 1.54) is 6.42 Å². The molecule has 1 aromatic heterocycles. The van der Waals surface area contributed by atoms with E-state index in [-0.39, 0.29) is 10.8 Å². The van der Waals surface area contributed by atoms with Gasteiger partial charge in [-0.3, -0.25) is 4.79 Å². The molecule has 0 amide bonds. The molecule has 3 nitrogen and oxygen atoms in total. The highest BCUT2D eigenvalue weighted by molar-refractivity contribution is 7.09. The second-order valence-corrected chi connectivity index (χ2v) is 7.96. The molecule has 0 atom stereocenters. The number of hydrogen-bond acceptors (Lipinski definition) is 4. The molecule has 1 heterocycles. The van der Waals surface area contributed by atoms with Gasteiger partial charge >= 0.3 is 0 Å². The van der Waals surface area contributed by atoms with Crippen molar-refractivity contribution >= 4 is 17.1 Å². The largest absolute Gasteiger partial charge is 0.329 e. The second kappa shape index (κ2) is 5.94. The molecule has 0 unspecified atom stereocenters. The zero-order valence-electron chi connectivity index (χ0n) is 12.9. The fraction of sp³-hybridized carbons (Fsp3) is 0.750. The quantitative estimate of drug-likeness (QED) is 0.925. The maximum absolute atomic E-state index is 12.7. The smallest absolute Gasteiger partial charge is 0.147 e. The van der Waals surface area contributed by atoms with Gasteiger partial charge in [-0.15, -0.1) is 11.3 Å². The van der Waals surface area contributed by atoms with E-state index in [0.717, 1.165) is 36.4 Å². The summed E-state index contributed by atoms with van der Waals surface area (Å²) in [6.45, 7) is 6.94. The Labute approximate surface area is 126 Å². The standard InChI is InChI=1S/C16H26N2OS/c1-15(2,3)12-10-20-14(18-12)9-13(19)16(11-17)7-5-4-6-8-16/h10H,4-9,11,17H2,1-3H3. The highest BCUT2D eigenvalue weighted by Gasteiger charge is 2.38. The first kappa shape index (κ1) is 15.6. The Morgan fingerprint density at radius 2 is 2.00 bits per heavy atom. The zero-order valence-corrected chi connectivity index (χ0v) is 13.7. The van der Waals surface area contributed by atoms with Gasteiger partial charge in [-0.25, -0.2) is 4.98 Å². The van der Waals surface area contributed by atoms with Crippen LogP contribution in [-0.4, -0.2) is 17.3 Å². The van der Waals surface area contributed by atoms with Gasteiger partial charge in [0.2, 0.25) is 0 Å². The monoisotopic (exact) mass is 294 g/mol. The number of nitrogens with two attached hydrogens (primary N) is 1. The molecule has 0 spiro atoms. The van der Waals surface area contributed by atoms with Gasteiger partial charge in [0.05, 0.1) is 12.1 Å². The molecule has 0 radical (unpaired) electrons. The van der Waals surface area contributed by atoms with E-state index in [1.807, 2.05) is 0 Å². The average Bonchev–Trinajstić information content (AvgIpc) is 2.88. The molecule has 0 bridgehead atoms. The van der Waals surface area contributed by atoms with E-state index >= 15 is 0 Å². The summed E-state index contributed by atoms with van der Waals surface area (Å²) >= 11 is 1.61. The van der Waals surface area contributed by atoms with Crippen LogP contribution in [0.5, 0.6) is 0 Å². The zero-order chi connectivity index (χ0) is 14.8. The van der Waals surface area contributed by atoms with E-state index in [4.69, 9.17) is 5.73 Å². The average molecular weight is 294 g/mol. The molecular formula is C16H26N2OS. The SMILES string of the molecule is CC(C)(C)c1csc(CC(=O)C2(CN)CCCCC2)n1. The van der Waals surface area contributed by atoms with Crippen LogP contribution in [0.4, 0.5) is 0 Å². The highest BCUT2D eigenvalue weighted by atomic mass is 32.1. The molecule has 1 fully saturated rings. The van der Waals surface area contributed by atoms with E-state index < -0.39 is 0 Å². The van der Waals surface area contributed by atoms with Gasteiger partial charge in [-0.2, -0.15) is 0 Å². The Bertz CT molecular complexity index is 467. The first-order valence-electron chi connectivity index (χ1n) is 7.56.